The molecule has 112 valence electrons. The summed E-state index contributed by atoms with van der Waals surface area (Å²) in [5, 5.41) is 3.12. The second-order valence-corrected chi connectivity index (χ2v) is 8.82. The molecule has 20 heavy (non-hydrogen) atoms. The van der Waals surface area contributed by atoms with Crippen LogP contribution in [0.5, 0.6) is 0 Å². The van der Waals surface area contributed by atoms with Gasteiger partial charge in [0.15, 0.2) is 9.84 Å². The maximum Gasteiger partial charge on any atom is 0.243 e. The molecule has 6 nitrogen and oxygen atoms in total. The van der Waals surface area contributed by atoms with E-state index < -0.39 is 19.9 Å². The van der Waals surface area contributed by atoms with Crippen molar-refractivity contribution in [1.29, 1.82) is 0 Å². The maximum absolute atomic E-state index is 12.6. The monoisotopic (exact) mass is 318 g/mol. The van der Waals surface area contributed by atoms with Crippen LogP contribution in [0.3, 0.4) is 0 Å². The molecule has 1 atom stereocenters. The lowest BCUT2D eigenvalue weighted by molar-refractivity contribution is 0.284. The Bertz CT molecular complexity index is 698. The second-order valence-electron chi connectivity index (χ2n) is 4.92. The Hall–Kier alpha value is -0.960. The molecule has 0 aliphatic carbocycles. The minimum absolute atomic E-state index is 0.0152. The van der Waals surface area contributed by atoms with Crippen molar-refractivity contribution in [2.75, 3.05) is 25.9 Å². The normalized spacial score (nSPS) is 21.8. The number of rotatable bonds is 3. The highest BCUT2D eigenvalue weighted by Crippen LogP contribution is 2.22. The van der Waals surface area contributed by atoms with E-state index in [1.54, 1.807) is 0 Å². The van der Waals surface area contributed by atoms with Crippen molar-refractivity contribution >= 4 is 19.9 Å². The van der Waals surface area contributed by atoms with Gasteiger partial charge in [0.1, 0.15) is 0 Å². The number of piperazine rings is 1. The first-order valence-electron chi connectivity index (χ1n) is 6.25. The average molecular weight is 318 g/mol. The van der Waals surface area contributed by atoms with Crippen molar-refractivity contribution in [3.8, 4) is 0 Å². The van der Waals surface area contributed by atoms with Crippen LogP contribution >= 0.6 is 0 Å². The third-order valence-corrected chi connectivity index (χ3v) is 6.40. The number of nitrogens with zero attached hydrogens (tertiary/aromatic N) is 1. The van der Waals surface area contributed by atoms with Crippen molar-refractivity contribution in [2.24, 2.45) is 0 Å². The van der Waals surface area contributed by atoms with E-state index in [4.69, 9.17) is 0 Å². The molecule has 0 aromatic heterocycles. The Morgan fingerprint density at radius 3 is 2.45 bits per heavy atom. The van der Waals surface area contributed by atoms with Crippen molar-refractivity contribution in [1.82, 2.24) is 9.62 Å². The molecule has 0 bridgehead atoms. The number of hydrogen-bond acceptors (Lipinski definition) is 5. The number of sulfonamides is 1. The Kier molecular flexibility index (Phi) is 4.19. The third kappa shape index (κ3) is 3.03. The fourth-order valence-electron chi connectivity index (χ4n) is 2.18. The lowest BCUT2D eigenvalue weighted by Crippen LogP contribution is -2.52. The number of benzene rings is 1. The first-order valence-corrected chi connectivity index (χ1v) is 9.59. The Morgan fingerprint density at radius 2 is 1.85 bits per heavy atom. The topological polar surface area (TPSA) is 83.6 Å². The smallest absolute Gasteiger partial charge is 0.243 e. The first-order chi connectivity index (χ1) is 9.23. The fraction of sp³-hybridized carbons (Fsp3) is 0.500. The molecule has 1 N–H and O–H groups in total. The minimum Gasteiger partial charge on any atom is -0.314 e. The molecular formula is C12H18N2O4S2. The lowest BCUT2D eigenvalue weighted by atomic mass is 10.3. The molecule has 0 amide bonds. The molecule has 0 unspecified atom stereocenters. The predicted molar refractivity (Wildman–Crippen MR) is 75.8 cm³/mol. The zero-order valence-electron chi connectivity index (χ0n) is 11.4. The van der Waals surface area contributed by atoms with Gasteiger partial charge in [-0.25, -0.2) is 16.8 Å². The molecular weight excluding hydrogens is 300 g/mol. The standard InChI is InChI=1S/C12H18N2O4S2/c1-10-9-13-6-7-14(10)20(17,18)12-5-3-4-11(8-12)19(2,15)16/h3-5,8,10,13H,6-7,9H2,1-2H3/t10-/m1/s1. The summed E-state index contributed by atoms with van der Waals surface area (Å²) in [6.45, 7) is 3.39. The summed E-state index contributed by atoms with van der Waals surface area (Å²) in [4.78, 5) is 0.0375. The van der Waals surface area contributed by atoms with Crippen LogP contribution in [0, 0.1) is 0 Å². The summed E-state index contributed by atoms with van der Waals surface area (Å²) in [7, 11) is -7.09. The molecule has 2 rings (SSSR count). The molecule has 0 spiro atoms. The zero-order valence-corrected chi connectivity index (χ0v) is 13.0. The lowest BCUT2D eigenvalue weighted by Gasteiger charge is -2.32. The van der Waals surface area contributed by atoms with Crippen LogP contribution in [0.4, 0.5) is 0 Å². The second kappa shape index (κ2) is 5.44. The van der Waals surface area contributed by atoms with Gasteiger partial charge in [-0.15, -0.1) is 0 Å². The van der Waals surface area contributed by atoms with Gasteiger partial charge in [-0.2, -0.15) is 4.31 Å². The average Bonchev–Trinajstić information content (AvgIpc) is 2.38. The molecule has 8 heteroatoms. The molecule has 1 aromatic carbocycles. The van der Waals surface area contributed by atoms with E-state index in [0.29, 0.717) is 19.6 Å². The highest BCUT2D eigenvalue weighted by atomic mass is 32.2. The van der Waals surface area contributed by atoms with Gasteiger partial charge in [0.25, 0.3) is 0 Å². The molecule has 1 aromatic rings. The van der Waals surface area contributed by atoms with Gasteiger partial charge in [0.2, 0.25) is 10.0 Å². The van der Waals surface area contributed by atoms with Gasteiger partial charge in [0, 0.05) is 31.9 Å². The van der Waals surface area contributed by atoms with E-state index in [0.717, 1.165) is 6.26 Å². The minimum atomic E-state index is -3.67. The number of sulfone groups is 1. The summed E-state index contributed by atoms with van der Waals surface area (Å²) in [6.07, 6.45) is 1.06. The van der Waals surface area contributed by atoms with E-state index in [1.807, 2.05) is 6.92 Å². The van der Waals surface area contributed by atoms with Crippen molar-refractivity contribution < 1.29 is 16.8 Å². The largest absolute Gasteiger partial charge is 0.314 e. The van der Waals surface area contributed by atoms with E-state index in [1.165, 1.54) is 28.6 Å². The summed E-state index contributed by atoms with van der Waals surface area (Å²) < 4.78 is 49.6. The van der Waals surface area contributed by atoms with Crippen LogP contribution in [0.2, 0.25) is 0 Å². The Balaban J connectivity index is 2.44. The van der Waals surface area contributed by atoms with E-state index >= 15 is 0 Å². The van der Waals surface area contributed by atoms with E-state index in [-0.39, 0.29) is 15.8 Å². The maximum atomic E-state index is 12.6. The van der Waals surface area contributed by atoms with Crippen LogP contribution < -0.4 is 5.32 Å². The first kappa shape index (κ1) is 15.4. The number of hydrogen-bond donors (Lipinski definition) is 1. The summed E-state index contributed by atoms with van der Waals surface area (Å²) in [5.74, 6) is 0. The van der Waals surface area contributed by atoms with Crippen LogP contribution in [0.25, 0.3) is 0 Å². The molecule has 0 saturated carbocycles. The quantitative estimate of drug-likeness (QED) is 0.853. The van der Waals surface area contributed by atoms with Crippen molar-refractivity contribution in [2.45, 2.75) is 22.8 Å². The van der Waals surface area contributed by atoms with Crippen molar-refractivity contribution in [3.63, 3.8) is 0 Å². The predicted octanol–water partition coefficient (Wildman–Crippen LogP) is 0.0725. The van der Waals surface area contributed by atoms with Gasteiger partial charge in [-0.1, -0.05) is 6.07 Å². The molecule has 1 heterocycles. The van der Waals surface area contributed by atoms with Crippen LogP contribution in [0.1, 0.15) is 6.92 Å². The molecule has 0 radical (unpaired) electrons. The SMILES string of the molecule is C[C@@H]1CNCCN1S(=O)(=O)c1cccc(S(C)(=O)=O)c1. The van der Waals surface area contributed by atoms with Gasteiger partial charge in [-0.3, -0.25) is 0 Å². The zero-order chi connectivity index (χ0) is 15.0. The Morgan fingerprint density at radius 1 is 1.20 bits per heavy atom. The molecule has 1 aliphatic heterocycles. The van der Waals surface area contributed by atoms with Gasteiger partial charge >= 0.3 is 0 Å². The Labute approximate surface area is 119 Å². The summed E-state index contributed by atoms with van der Waals surface area (Å²) in [5.41, 5.74) is 0. The van der Waals surface area contributed by atoms with Crippen molar-refractivity contribution in [3.05, 3.63) is 24.3 Å². The molecule has 1 aliphatic rings. The van der Waals surface area contributed by atoms with Gasteiger partial charge in [0.05, 0.1) is 9.79 Å². The van der Waals surface area contributed by atoms with Gasteiger partial charge < -0.3 is 5.32 Å². The highest BCUT2D eigenvalue weighted by Gasteiger charge is 2.31. The highest BCUT2D eigenvalue weighted by molar-refractivity contribution is 7.91. The van der Waals surface area contributed by atoms with Crippen LogP contribution in [-0.4, -0.2) is 53.1 Å². The van der Waals surface area contributed by atoms with Crippen LogP contribution in [-0.2, 0) is 19.9 Å². The third-order valence-electron chi connectivity index (χ3n) is 3.28. The van der Waals surface area contributed by atoms with Crippen LogP contribution in [0.15, 0.2) is 34.1 Å². The fourth-order valence-corrected chi connectivity index (χ4v) is 4.60. The van der Waals surface area contributed by atoms with E-state index in [2.05, 4.69) is 5.32 Å². The summed E-state index contributed by atoms with van der Waals surface area (Å²) in [6, 6.07) is 5.35. The molecule has 1 saturated heterocycles. The van der Waals surface area contributed by atoms with E-state index in [9.17, 15) is 16.8 Å². The number of nitrogens with one attached hydrogen (secondary N) is 1. The van der Waals surface area contributed by atoms with Gasteiger partial charge in [-0.05, 0) is 25.1 Å². The summed E-state index contributed by atoms with van der Waals surface area (Å²) >= 11 is 0. The molecule has 1 fully saturated rings.